The van der Waals surface area contributed by atoms with Crippen molar-refractivity contribution in [3.05, 3.63) is 65.0 Å². The monoisotopic (exact) mass is 381 g/mol. The first kappa shape index (κ1) is 18.6. The Kier molecular flexibility index (Phi) is 5.11. The lowest BCUT2D eigenvalue weighted by molar-refractivity contribution is 0.0927. The van der Waals surface area contributed by atoms with Crippen LogP contribution >= 0.6 is 0 Å². The van der Waals surface area contributed by atoms with Gasteiger partial charge in [0.15, 0.2) is 0 Å². The van der Waals surface area contributed by atoms with Crippen LogP contribution in [0.15, 0.2) is 42.5 Å². The fourth-order valence-corrected chi connectivity index (χ4v) is 3.81. The van der Waals surface area contributed by atoms with Gasteiger partial charge in [-0.2, -0.15) is 0 Å². The van der Waals surface area contributed by atoms with Crippen LogP contribution < -0.4 is 10.6 Å². The average Bonchev–Trinajstić information content (AvgIpc) is 3.14. The number of nitrogens with zero attached hydrogens (tertiary/aromatic N) is 1. The zero-order valence-corrected chi connectivity index (χ0v) is 15.8. The van der Waals surface area contributed by atoms with Crippen molar-refractivity contribution in [3.63, 3.8) is 0 Å². The fraction of sp³-hybridized carbons (Fsp3) is 0.381. The molecule has 1 saturated carbocycles. The van der Waals surface area contributed by atoms with Gasteiger partial charge in [0.2, 0.25) is 0 Å². The van der Waals surface area contributed by atoms with Crippen molar-refractivity contribution in [2.45, 2.75) is 12.1 Å². The van der Waals surface area contributed by atoms with Crippen molar-refractivity contribution in [1.82, 2.24) is 15.6 Å². The van der Waals surface area contributed by atoms with Crippen LogP contribution in [0.1, 0.15) is 38.2 Å². The number of benzene rings is 1. The molecule has 0 spiro atoms. The van der Waals surface area contributed by atoms with Crippen LogP contribution in [-0.2, 0) is 9.47 Å². The number of rotatable bonds is 6. The Labute approximate surface area is 163 Å². The molecule has 1 aliphatic heterocycles. The molecule has 3 unspecified atom stereocenters. The van der Waals surface area contributed by atoms with E-state index in [1.807, 2.05) is 30.3 Å². The Morgan fingerprint density at radius 2 is 1.86 bits per heavy atom. The molecule has 1 aromatic carbocycles. The van der Waals surface area contributed by atoms with E-state index in [0.29, 0.717) is 36.3 Å². The van der Waals surface area contributed by atoms with Crippen molar-refractivity contribution in [2.24, 2.45) is 11.8 Å². The maximum Gasteiger partial charge on any atom is 0.269 e. The summed E-state index contributed by atoms with van der Waals surface area (Å²) >= 11 is 0. The lowest BCUT2D eigenvalue weighted by atomic mass is 10.0. The van der Waals surface area contributed by atoms with Gasteiger partial charge in [-0.25, -0.2) is 4.98 Å². The van der Waals surface area contributed by atoms with E-state index >= 15 is 0 Å². The van der Waals surface area contributed by atoms with Crippen molar-refractivity contribution < 1.29 is 19.1 Å². The number of nitrogens with one attached hydrogen (secondary N) is 2. The minimum atomic E-state index is -0.480. The fourth-order valence-electron chi connectivity index (χ4n) is 3.81. The number of aromatic nitrogens is 1. The number of hydrogen-bond acceptors (Lipinski definition) is 5. The summed E-state index contributed by atoms with van der Waals surface area (Å²) < 4.78 is 11.0. The van der Waals surface area contributed by atoms with Crippen LogP contribution in [0, 0.1) is 11.8 Å². The Bertz CT molecular complexity index is 876. The molecule has 2 N–H and O–H groups in total. The standard InChI is InChI=1S/C21H23N3O4/c1-22-21(26)17-9-13(20(25)24-18-14-10-28-11-15(14)18)8-16(23-17)19(27-2)12-6-4-3-5-7-12/h3-9,14-15,18-19H,10-11H2,1-2H3,(H,22,26)(H,24,25). The molecular weight excluding hydrogens is 358 g/mol. The normalized spacial score (nSPS) is 23.6. The molecule has 1 aromatic heterocycles. The second-order valence-electron chi connectivity index (χ2n) is 7.14. The van der Waals surface area contributed by atoms with Crippen molar-refractivity contribution in [1.29, 1.82) is 0 Å². The number of hydrogen-bond donors (Lipinski definition) is 2. The molecule has 0 bridgehead atoms. The number of fused-ring (bicyclic) bond motifs is 1. The summed E-state index contributed by atoms with van der Waals surface area (Å²) in [6.45, 7) is 1.39. The Morgan fingerprint density at radius 1 is 1.14 bits per heavy atom. The molecule has 4 rings (SSSR count). The number of carbonyl (C=O) groups excluding carboxylic acids is 2. The molecule has 2 heterocycles. The van der Waals surface area contributed by atoms with Gasteiger partial charge in [0.25, 0.3) is 11.8 Å². The highest BCUT2D eigenvalue weighted by molar-refractivity contribution is 5.99. The summed E-state index contributed by atoms with van der Waals surface area (Å²) in [7, 11) is 3.11. The third-order valence-electron chi connectivity index (χ3n) is 5.42. The lowest BCUT2D eigenvalue weighted by Gasteiger charge is -2.17. The van der Waals surface area contributed by atoms with Crippen LogP contribution in [0.5, 0.6) is 0 Å². The highest BCUT2D eigenvalue weighted by Gasteiger charge is 2.54. The van der Waals surface area contributed by atoms with Gasteiger partial charge in [-0.1, -0.05) is 30.3 Å². The largest absolute Gasteiger partial charge is 0.381 e. The van der Waals surface area contributed by atoms with Gasteiger partial charge in [0.05, 0.1) is 18.9 Å². The number of methoxy groups -OCH3 is 1. The van der Waals surface area contributed by atoms with E-state index < -0.39 is 6.10 Å². The van der Waals surface area contributed by atoms with E-state index in [-0.39, 0.29) is 23.6 Å². The first-order chi connectivity index (χ1) is 13.6. The number of ether oxygens (including phenoxy) is 2. The zero-order chi connectivity index (χ0) is 19.7. The van der Waals surface area contributed by atoms with Gasteiger partial charge in [-0.15, -0.1) is 0 Å². The van der Waals surface area contributed by atoms with E-state index in [0.717, 1.165) is 5.56 Å². The molecule has 146 valence electrons. The molecule has 0 radical (unpaired) electrons. The topological polar surface area (TPSA) is 89.6 Å². The van der Waals surface area contributed by atoms with Crippen molar-refractivity contribution in [3.8, 4) is 0 Å². The first-order valence-corrected chi connectivity index (χ1v) is 9.32. The molecule has 28 heavy (non-hydrogen) atoms. The summed E-state index contributed by atoms with van der Waals surface area (Å²) in [6, 6.07) is 12.9. The molecule has 2 amide bonds. The quantitative estimate of drug-likeness (QED) is 0.793. The van der Waals surface area contributed by atoms with Crippen molar-refractivity contribution >= 4 is 11.8 Å². The van der Waals surface area contributed by atoms with Gasteiger partial charge in [0, 0.05) is 37.6 Å². The Morgan fingerprint density at radius 3 is 2.50 bits per heavy atom. The van der Waals surface area contributed by atoms with E-state index in [1.54, 1.807) is 13.2 Å². The number of amides is 2. The maximum atomic E-state index is 12.8. The molecule has 2 aromatic rings. The van der Waals surface area contributed by atoms with Gasteiger partial charge >= 0.3 is 0 Å². The predicted molar refractivity (Wildman–Crippen MR) is 102 cm³/mol. The summed E-state index contributed by atoms with van der Waals surface area (Å²) in [5.41, 5.74) is 1.99. The van der Waals surface area contributed by atoms with E-state index in [2.05, 4.69) is 15.6 Å². The molecule has 3 atom stereocenters. The van der Waals surface area contributed by atoms with E-state index in [1.165, 1.54) is 13.1 Å². The van der Waals surface area contributed by atoms with Crippen LogP contribution in [0.3, 0.4) is 0 Å². The molecule has 2 aliphatic rings. The van der Waals surface area contributed by atoms with E-state index in [4.69, 9.17) is 9.47 Å². The minimum Gasteiger partial charge on any atom is -0.381 e. The van der Waals surface area contributed by atoms with Gasteiger partial charge in [-0.05, 0) is 17.7 Å². The Hall–Kier alpha value is -2.77. The lowest BCUT2D eigenvalue weighted by Crippen LogP contribution is -2.31. The predicted octanol–water partition coefficient (Wildman–Crippen LogP) is 1.55. The van der Waals surface area contributed by atoms with Crippen LogP contribution in [0.25, 0.3) is 0 Å². The molecule has 1 aliphatic carbocycles. The third-order valence-corrected chi connectivity index (χ3v) is 5.42. The van der Waals surface area contributed by atoms with Crippen molar-refractivity contribution in [2.75, 3.05) is 27.4 Å². The van der Waals surface area contributed by atoms with Crippen LogP contribution in [-0.4, -0.2) is 50.2 Å². The molecule has 7 heteroatoms. The van der Waals surface area contributed by atoms with Crippen LogP contribution in [0.2, 0.25) is 0 Å². The smallest absolute Gasteiger partial charge is 0.269 e. The highest BCUT2D eigenvalue weighted by atomic mass is 16.5. The molecular formula is C21H23N3O4. The van der Waals surface area contributed by atoms with Gasteiger partial charge < -0.3 is 20.1 Å². The van der Waals surface area contributed by atoms with E-state index in [9.17, 15) is 9.59 Å². The number of pyridine rings is 1. The first-order valence-electron chi connectivity index (χ1n) is 9.32. The molecule has 2 fully saturated rings. The third kappa shape index (κ3) is 3.50. The summed E-state index contributed by atoms with van der Waals surface area (Å²) in [6.07, 6.45) is -0.480. The SMILES string of the molecule is CNC(=O)c1cc(C(=O)NC2C3COCC32)cc(C(OC)c2ccccc2)n1. The zero-order valence-electron chi connectivity index (χ0n) is 15.8. The highest BCUT2D eigenvalue weighted by Crippen LogP contribution is 2.44. The summed E-state index contributed by atoms with van der Waals surface area (Å²) in [5.74, 6) is 0.242. The molecule has 1 saturated heterocycles. The molecule has 7 nitrogen and oxygen atoms in total. The van der Waals surface area contributed by atoms with Gasteiger partial charge in [0.1, 0.15) is 11.8 Å². The summed E-state index contributed by atoms with van der Waals surface area (Å²) in [4.78, 5) is 29.5. The maximum absolute atomic E-state index is 12.8. The second kappa shape index (κ2) is 7.69. The minimum absolute atomic E-state index is 0.147. The summed E-state index contributed by atoms with van der Waals surface area (Å²) in [5, 5.41) is 5.63. The second-order valence-corrected chi connectivity index (χ2v) is 7.14. The van der Waals surface area contributed by atoms with Crippen LogP contribution in [0.4, 0.5) is 0 Å². The Balaban J connectivity index is 1.65. The average molecular weight is 381 g/mol. The van der Waals surface area contributed by atoms with Gasteiger partial charge in [-0.3, -0.25) is 9.59 Å². The number of carbonyl (C=O) groups is 2.